The molecule has 0 spiro atoms. The molecule has 0 aliphatic carbocycles. The third kappa shape index (κ3) is 3.75. The summed E-state index contributed by atoms with van der Waals surface area (Å²) in [5, 5.41) is 6.85. The molecule has 7 nitrogen and oxygen atoms in total. The van der Waals surface area contributed by atoms with Gasteiger partial charge in [0, 0.05) is 19.2 Å². The number of amides is 2. The van der Waals surface area contributed by atoms with Crippen LogP contribution in [0.1, 0.15) is 18.5 Å². The van der Waals surface area contributed by atoms with Gasteiger partial charge in [-0.1, -0.05) is 18.2 Å². The van der Waals surface area contributed by atoms with Crippen molar-refractivity contribution < 1.29 is 9.53 Å². The summed E-state index contributed by atoms with van der Waals surface area (Å²) in [6.07, 6.45) is 3.09. The highest BCUT2D eigenvalue weighted by molar-refractivity contribution is 5.74. The van der Waals surface area contributed by atoms with Crippen LogP contribution in [0.15, 0.2) is 36.9 Å². The molecule has 0 radical (unpaired) electrons. The number of urea groups is 1. The number of nitrogens with zero attached hydrogens (tertiary/aromatic N) is 4. The lowest BCUT2D eigenvalue weighted by Gasteiger charge is -2.26. The van der Waals surface area contributed by atoms with Crippen molar-refractivity contribution in [2.75, 3.05) is 20.7 Å². The van der Waals surface area contributed by atoms with E-state index in [1.165, 1.54) is 6.33 Å². The van der Waals surface area contributed by atoms with Crippen LogP contribution in [-0.4, -0.2) is 46.4 Å². The first-order chi connectivity index (χ1) is 10.6. The first kappa shape index (κ1) is 15.8. The van der Waals surface area contributed by atoms with Crippen molar-refractivity contribution in [1.82, 2.24) is 25.0 Å². The minimum atomic E-state index is -0.140. The molecule has 1 heterocycles. The summed E-state index contributed by atoms with van der Waals surface area (Å²) in [5.74, 6) is 0.775. The molecule has 0 fully saturated rings. The van der Waals surface area contributed by atoms with Crippen LogP contribution >= 0.6 is 0 Å². The molecule has 2 amide bonds. The molecule has 2 aromatic rings. The molecule has 22 heavy (non-hydrogen) atoms. The van der Waals surface area contributed by atoms with Gasteiger partial charge in [-0.3, -0.25) is 4.68 Å². The Morgan fingerprint density at radius 2 is 2.23 bits per heavy atom. The number of nitrogens with one attached hydrogen (secondary N) is 1. The summed E-state index contributed by atoms with van der Waals surface area (Å²) in [6, 6.07) is 7.46. The van der Waals surface area contributed by atoms with Crippen molar-refractivity contribution in [2.45, 2.75) is 19.5 Å². The van der Waals surface area contributed by atoms with Crippen LogP contribution in [0.25, 0.3) is 0 Å². The number of aromatic nitrogens is 3. The van der Waals surface area contributed by atoms with E-state index in [4.69, 9.17) is 4.74 Å². The van der Waals surface area contributed by atoms with Crippen molar-refractivity contribution in [3.63, 3.8) is 0 Å². The molecule has 1 aromatic heterocycles. The molecule has 1 atom stereocenters. The number of benzene rings is 1. The molecular weight excluding hydrogens is 282 g/mol. The smallest absolute Gasteiger partial charge is 0.317 e. The van der Waals surface area contributed by atoms with Crippen LogP contribution in [0.5, 0.6) is 5.75 Å². The Kier molecular flexibility index (Phi) is 5.35. The zero-order valence-electron chi connectivity index (χ0n) is 13.1. The predicted molar refractivity (Wildman–Crippen MR) is 82.6 cm³/mol. The quantitative estimate of drug-likeness (QED) is 0.881. The van der Waals surface area contributed by atoms with Crippen LogP contribution in [0, 0.1) is 0 Å². The van der Waals surface area contributed by atoms with Crippen LogP contribution < -0.4 is 10.1 Å². The fourth-order valence-electron chi connectivity index (χ4n) is 2.15. The number of rotatable bonds is 6. The van der Waals surface area contributed by atoms with Gasteiger partial charge in [0.25, 0.3) is 0 Å². The Hall–Kier alpha value is -2.57. The predicted octanol–water partition coefficient (Wildman–Crippen LogP) is 1.69. The summed E-state index contributed by atoms with van der Waals surface area (Å²) in [7, 11) is 3.39. The SMILES string of the molecule is COc1ccccc1C(C)N(C)C(=O)NCCn1cncn1. The Balaban J connectivity index is 1.91. The summed E-state index contributed by atoms with van der Waals surface area (Å²) in [6.45, 7) is 3.04. The second kappa shape index (κ2) is 7.44. The largest absolute Gasteiger partial charge is 0.496 e. The topological polar surface area (TPSA) is 72.3 Å². The highest BCUT2D eigenvalue weighted by Crippen LogP contribution is 2.27. The van der Waals surface area contributed by atoms with Crippen LogP contribution in [0.4, 0.5) is 4.79 Å². The molecule has 0 saturated heterocycles. The number of carbonyl (C=O) groups excluding carboxylic acids is 1. The molecule has 1 unspecified atom stereocenters. The molecule has 0 bridgehead atoms. The summed E-state index contributed by atoms with van der Waals surface area (Å²) in [5.41, 5.74) is 0.971. The van der Waals surface area contributed by atoms with Crippen molar-refractivity contribution in [3.05, 3.63) is 42.5 Å². The Morgan fingerprint density at radius 3 is 2.91 bits per heavy atom. The fourth-order valence-corrected chi connectivity index (χ4v) is 2.15. The lowest BCUT2D eigenvalue weighted by molar-refractivity contribution is 0.193. The van der Waals surface area contributed by atoms with Gasteiger partial charge in [0.1, 0.15) is 18.4 Å². The molecule has 1 aromatic carbocycles. The lowest BCUT2D eigenvalue weighted by atomic mass is 10.1. The van der Waals surface area contributed by atoms with Crippen LogP contribution in [-0.2, 0) is 6.54 Å². The van der Waals surface area contributed by atoms with Crippen molar-refractivity contribution in [2.24, 2.45) is 0 Å². The van der Waals surface area contributed by atoms with E-state index in [9.17, 15) is 4.79 Å². The monoisotopic (exact) mass is 303 g/mol. The number of ether oxygens (including phenoxy) is 1. The Morgan fingerprint density at radius 1 is 1.45 bits per heavy atom. The van der Waals surface area contributed by atoms with Gasteiger partial charge >= 0.3 is 6.03 Å². The van der Waals surface area contributed by atoms with E-state index < -0.39 is 0 Å². The van der Waals surface area contributed by atoms with Gasteiger partial charge < -0.3 is 15.0 Å². The lowest BCUT2D eigenvalue weighted by Crippen LogP contribution is -2.40. The van der Waals surface area contributed by atoms with Gasteiger partial charge in [-0.05, 0) is 13.0 Å². The van der Waals surface area contributed by atoms with Gasteiger partial charge in [0.15, 0.2) is 0 Å². The minimum absolute atomic E-state index is 0.0949. The standard InChI is InChI=1S/C15H21N5O2/c1-12(13-6-4-5-7-14(13)22-3)19(2)15(21)17-8-9-20-11-16-10-18-20/h4-7,10-12H,8-9H2,1-3H3,(H,17,21). The van der Waals surface area contributed by atoms with Crippen LogP contribution in [0.3, 0.4) is 0 Å². The fraction of sp³-hybridized carbons (Fsp3) is 0.400. The zero-order valence-corrected chi connectivity index (χ0v) is 13.1. The maximum absolute atomic E-state index is 12.2. The Bertz CT molecular complexity index is 600. The maximum atomic E-state index is 12.2. The second-order valence-corrected chi connectivity index (χ2v) is 4.92. The van der Waals surface area contributed by atoms with E-state index in [-0.39, 0.29) is 12.1 Å². The van der Waals surface area contributed by atoms with Crippen molar-refractivity contribution >= 4 is 6.03 Å². The first-order valence-corrected chi connectivity index (χ1v) is 7.09. The minimum Gasteiger partial charge on any atom is -0.496 e. The van der Waals surface area contributed by atoms with E-state index >= 15 is 0 Å². The van der Waals surface area contributed by atoms with Crippen LogP contribution in [0.2, 0.25) is 0 Å². The van der Waals surface area contributed by atoms with Gasteiger partial charge in [0.05, 0.1) is 19.7 Å². The van der Waals surface area contributed by atoms with Gasteiger partial charge in [0.2, 0.25) is 0 Å². The van der Waals surface area contributed by atoms with E-state index in [0.717, 1.165) is 11.3 Å². The van der Waals surface area contributed by atoms with E-state index in [1.807, 2.05) is 31.2 Å². The molecule has 0 aliphatic rings. The summed E-state index contributed by atoms with van der Waals surface area (Å²) < 4.78 is 7.02. The molecule has 0 aliphatic heterocycles. The third-order valence-corrected chi connectivity index (χ3v) is 3.57. The number of hydrogen-bond donors (Lipinski definition) is 1. The molecule has 0 saturated carbocycles. The molecule has 1 N–H and O–H groups in total. The molecule has 7 heteroatoms. The molecule has 2 rings (SSSR count). The van der Waals surface area contributed by atoms with E-state index in [1.54, 1.807) is 30.1 Å². The Labute approximate surface area is 129 Å². The molecular formula is C15H21N5O2. The average Bonchev–Trinajstić information content (AvgIpc) is 3.06. The normalized spacial score (nSPS) is 11.8. The number of carbonyl (C=O) groups is 1. The average molecular weight is 303 g/mol. The first-order valence-electron chi connectivity index (χ1n) is 7.09. The maximum Gasteiger partial charge on any atom is 0.317 e. The summed E-state index contributed by atoms with van der Waals surface area (Å²) in [4.78, 5) is 17.7. The second-order valence-electron chi connectivity index (χ2n) is 4.92. The number of para-hydroxylation sites is 1. The van der Waals surface area contributed by atoms with Crippen molar-refractivity contribution in [1.29, 1.82) is 0 Å². The third-order valence-electron chi connectivity index (χ3n) is 3.57. The number of methoxy groups -OCH3 is 1. The highest BCUT2D eigenvalue weighted by Gasteiger charge is 2.19. The number of hydrogen-bond acceptors (Lipinski definition) is 4. The van der Waals surface area contributed by atoms with Crippen molar-refractivity contribution in [3.8, 4) is 5.75 Å². The highest BCUT2D eigenvalue weighted by atomic mass is 16.5. The molecule has 118 valence electrons. The van der Waals surface area contributed by atoms with E-state index in [2.05, 4.69) is 15.4 Å². The van der Waals surface area contributed by atoms with Gasteiger partial charge in [-0.15, -0.1) is 0 Å². The van der Waals surface area contributed by atoms with Gasteiger partial charge in [-0.25, -0.2) is 9.78 Å². The zero-order chi connectivity index (χ0) is 15.9. The summed E-state index contributed by atoms with van der Waals surface area (Å²) >= 11 is 0. The van der Waals surface area contributed by atoms with E-state index in [0.29, 0.717) is 13.1 Å². The van der Waals surface area contributed by atoms with Gasteiger partial charge in [-0.2, -0.15) is 5.10 Å².